The van der Waals surface area contributed by atoms with E-state index in [-0.39, 0.29) is 27.3 Å². The van der Waals surface area contributed by atoms with Gasteiger partial charge >= 0.3 is 11.9 Å². The fourth-order valence-electron chi connectivity index (χ4n) is 2.58. The molecule has 0 aromatic rings. The van der Waals surface area contributed by atoms with Crippen LogP contribution in [0, 0.1) is 0 Å². The molecule has 2 N–H and O–H groups in total. The molecule has 0 saturated carbocycles. The molecule has 1 radical (unpaired) electrons. The molecule has 2 heterocycles. The molecule has 0 spiro atoms. The van der Waals surface area contributed by atoms with Gasteiger partial charge in [-0.3, -0.25) is 9.59 Å². The molecule has 7 heteroatoms. The van der Waals surface area contributed by atoms with Crippen LogP contribution in [0.5, 0.6) is 0 Å². The largest absolute Gasteiger partial charge is 0.480 e. The van der Waals surface area contributed by atoms with Gasteiger partial charge < -0.3 is 10.2 Å². The Morgan fingerprint density at radius 2 is 1.00 bits per heavy atom. The van der Waals surface area contributed by atoms with Gasteiger partial charge in [0.2, 0.25) is 0 Å². The second kappa shape index (κ2) is 14.5. The number of thioether (sulfide) groups is 2. The molecule has 0 aromatic carbocycles. The summed E-state index contributed by atoms with van der Waals surface area (Å²) in [5, 5.41) is 17.2. The summed E-state index contributed by atoms with van der Waals surface area (Å²) in [7, 11) is 0. The van der Waals surface area contributed by atoms with E-state index in [1.165, 1.54) is 38.5 Å². The summed E-state index contributed by atoms with van der Waals surface area (Å²) < 4.78 is 0. The normalized spacial score (nSPS) is 25.9. The quantitative estimate of drug-likeness (QED) is 0.712. The Balaban J connectivity index is 0.000000403. The maximum absolute atomic E-state index is 10.6. The van der Waals surface area contributed by atoms with Crippen LogP contribution in [-0.4, -0.2) is 44.2 Å². The Morgan fingerprint density at radius 3 is 1.35 bits per heavy atom. The van der Waals surface area contributed by atoms with Crippen molar-refractivity contribution in [3.8, 4) is 0 Å². The van der Waals surface area contributed by atoms with Crippen molar-refractivity contribution in [3.63, 3.8) is 0 Å². The fraction of sp³-hybridized carbons (Fsp3) is 0.875. The second-order valence-electron chi connectivity index (χ2n) is 5.80. The van der Waals surface area contributed by atoms with Crippen molar-refractivity contribution < 1.29 is 36.6 Å². The molecule has 0 aliphatic carbocycles. The fourth-order valence-corrected chi connectivity index (χ4v) is 4.84. The Bertz CT molecular complexity index is 294. The van der Waals surface area contributed by atoms with Gasteiger partial charge in [0, 0.05) is 16.8 Å². The van der Waals surface area contributed by atoms with Crippen LogP contribution >= 0.6 is 23.5 Å². The smallest absolute Gasteiger partial charge is 0.316 e. The maximum atomic E-state index is 10.6. The van der Waals surface area contributed by atoms with E-state index in [0.717, 1.165) is 37.2 Å². The molecule has 2 saturated heterocycles. The number of carbonyl (C=O) groups is 2. The first kappa shape index (κ1) is 23.1. The number of carboxylic acids is 2. The zero-order valence-electron chi connectivity index (χ0n) is 13.5. The summed E-state index contributed by atoms with van der Waals surface area (Å²) in [4.78, 5) is 21.2. The molecule has 0 bridgehead atoms. The number of rotatable bonds is 2. The van der Waals surface area contributed by atoms with E-state index < -0.39 is 11.9 Å². The van der Waals surface area contributed by atoms with Gasteiger partial charge in [-0.2, -0.15) is 0 Å². The number of hydrogen-bond acceptors (Lipinski definition) is 4. The van der Waals surface area contributed by atoms with Crippen LogP contribution in [0.4, 0.5) is 0 Å². The standard InChI is InChI=1S/2C8H14O2S.Co/c2*9-8(10)7-5-3-1-2-4-6-11-7;/h2*7H,1-6H2,(H,9,10);. The van der Waals surface area contributed by atoms with Gasteiger partial charge in [0.25, 0.3) is 0 Å². The van der Waals surface area contributed by atoms with Crippen molar-refractivity contribution in [2.45, 2.75) is 74.7 Å². The average molecular weight is 407 g/mol. The second-order valence-corrected chi connectivity index (χ2v) is 8.42. The third kappa shape index (κ3) is 11.3. The minimum Gasteiger partial charge on any atom is -0.480 e. The molecule has 0 amide bonds. The molecule has 137 valence electrons. The number of hydrogen-bond donors (Lipinski definition) is 2. The third-order valence-electron chi connectivity index (χ3n) is 3.91. The van der Waals surface area contributed by atoms with Gasteiger partial charge in [-0.05, 0) is 37.2 Å². The van der Waals surface area contributed by atoms with Gasteiger partial charge in [0.1, 0.15) is 10.5 Å². The number of carboxylic acid groups (broad SMARTS) is 2. The van der Waals surface area contributed by atoms with E-state index >= 15 is 0 Å². The summed E-state index contributed by atoms with van der Waals surface area (Å²) >= 11 is 3.21. The predicted octanol–water partition coefficient (Wildman–Crippen LogP) is 4.27. The summed E-state index contributed by atoms with van der Waals surface area (Å²) in [5.41, 5.74) is 0. The first-order valence-electron chi connectivity index (χ1n) is 8.30. The zero-order valence-corrected chi connectivity index (χ0v) is 16.2. The van der Waals surface area contributed by atoms with Crippen LogP contribution in [0.3, 0.4) is 0 Å². The Labute approximate surface area is 158 Å². The van der Waals surface area contributed by atoms with Crippen molar-refractivity contribution in [1.29, 1.82) is 0 Å². The molecule has 2 aliphatic rings. The van der Waals surface area contributed by atoms with Crippen LogP contribution in [-0.2, 0) is 26.4 Å². The molecule has 23 heavy (non-hydrogen) atoms. The molecule has 2 unspecified atom stereocenters. The SMILES string of the molecule is O=C(O)C1CCCCCCS1.O=C(O)C1CCCCCCS1.[Co]. The van der Waals surface area contributed by atoms with E-state index in [9.17, 15) is 9.59 Å². The van der Waals surface area contributed by atoms with Crippen molar-refractivity contribution in [2.24, 2.45) is 0 Å². The Morgan fingerprint density at radius 1 is 0.652 bits per heavy atom. The monoisotopic (exact) mass is 407 g/mol. The molecule has 4 nitrogen and oxygen atoms in total. The average Bonchev–Trinajstić information content (AvgIpc) is 2.37. The van der Waals surface area contributed by atoms with Gasteiger partial charge in [0.15, 0.2) is 0 Å². The molecule has 2 aliphatic heterocycles. The van der Waals surface area contributed by atoms with Crippen molar-refractivity contribution >= 4 is 35.5 Å². The minimum atomic E-state index is -0.628. The first-order valence-corrected chi connectivity index (χ1v) is 10.4. The van der Waals surface area contributed by atoms with Crippen LogP contribution in [0.25, 0.3) is 0 Å². The van der Waals surface area contributed by atoms with Gasteiger partial charge in [-0.15, -0.1) is 23.5 Å². The molecular formula is C16H28CoO4S2. The molecule has 2 fully saturated rings. The molecular weight excluding hydrogens is 379 g/mol. The van der Waals surface area contributed by atoms with Crippen LogP contribution < -0.4 is 0 Å². The van der Waals surface area contributed by atoms with Gasteiger partial charge in [-0.1, -0.05) is 38.5 Å². The van der Waals surface area contributed by atoms with Crippen LogP contribution in [0.15, 0.2) is 0 Å². The topological polar surface area (TPSA) is 74.6 Å². The van der Waals surface area contributed by atoms with Gasteiger partial charge in [-0.25, -0.2) is 0 Å². The summed E-state index contributed by atoms with van der Waals surface area (Å²) in [6.07, 6.45) is 11.3. The van der Waals surface area contributed by atoms with E-state index in [2.05, 4.69) is 0 Å². The molecule has 2 atom stereocenters. The Hall–Kier alpha value is 0.146. The first-order chi connectivity index (χ1) is 10.6. The third-order valence-corrected chi connectivity index (χ3v) is 6.64. The Kier molecular flexibility index (Phi) is 14.6. The van der Waals surface area contributed by atoms with Crippen molar-refractivity contribution in [2.75, 3.05) is 11.5 Å². The van der Waals surface area contributed by atoms with Crippen LogP contribution in [0.2, 0.25) is 0 Å². The van der Waals surface area contributed by atoms with Crippen molar-refractivity contribution in [3.05, 3.63) is 0 Å². The molecule has 2 rings (SSSR count). The number of aliphatic carboxylic acids is 2. The van der Waals surface area contributed by atoms with Crippen LogP contribution in [0.1, 0.15) is 64.2 Å². The van der Waals surface area contributed by atoms with Crippen molar-refractivity contribution in [1.82, 2.24) is 0 Å². The summed E-state index contributed by atoms with van der Waals surface area (Å²) in [6, 6.07) is 0. The zero-order chi connectivity index (χ0) is 16.2. The van der Waals surface area contributed by atoms with E-state index in [1.807, 2.05) is 0 Å². The van der Waals surface area contributed by atoms with E-state index in [4.69, 9.17) is 10.2 Å². The summed E-state index contributed by atoms with van der Waals surface area (Å²) in [5.74, 6) is 0.794. The van der Waals surface area contributed by atoms with E-state index in [0.29, 0.717) is 0 Å². The van der Waals surface area contributed by atoms with E-state index in [1.54, 1.807) is 23.5 Å². The molecule has 0 aromatic heterocycles. The maximum Gasteiger partial charge on any atom is 0.316 e. The predicted molar refractivity (Wildman–Crippen MR) is 93.9 cm³/mol. The van der Waals surface area contributed by atoms with Gasteiger partial charge in [0.05, 0.1) is 0 Å². The minimum absolute atomic E-state index is 0. The summed E-state index contributed by atoms with van der Waals surface area (Å²) in [6.45, 7) is 0.